The molecule has 2 aromatic carbocycles. The van der Waals surface area contributed by atoms with E-state index in [0.717, 1.165) is 48.7 Å². The Kier molecular flexibility index (Phi) is 8.69. The topological polar surface area (TPSA) is 45.2 Å². The fraction of sp³-hybridized carbons (Fsp3) is 0.500. The van der Waals surface area contributed by atoms with Crippen LogP contribution >= 0.6 is 11.8 Å². The molecule has 2 aromatic rings. The van der Waals surface area contributed by atoms with Crippen LogP contribution in [0, 0.1) is 0 Å². The third-order valence-electron chi connectivity index (χ3n) is 6.59. The molecule has 2 aliphatic heterocycles. The van der Waals surface area contributed by atoms with Gasteiger partial charge in [-0.1, -0.05) is 12.1 Å². The number of carbonyl (C=O) groups excluding carboxylic acids is 1. The maximum absolute atomic E-state index is 13.6. The van der Waals surface area contributed by atoms with Crippen molar-refractivity contribution in [2.75, 3.05) is 46.9 Å². The molecule has 2 heterocycles. The average Bonchev–Trinajstić information content (AvgIpc) is 3.09. The minimum Gasteiger partial charge on any atom is -0.497 e. The minimum atomic E-state index is -4.72. The highest BCUT2D eigenvalue weighted by molar-refractivity contribution is 8.00. The van der Waals surface area contributed by atoms with E-state index in [2.05, 4.69) is 21.6 Å². The Balaban J connectivity index is 1.47. The molecule has 1 amide bonds. The summed E-state index contributed by atoms with van der Waals surface area (Å²) >= 11 is 1.74. The number of methoxy groups -OCH3 is 1. The van der Waals surface area contributed by atoms with E-state index in [9.17, 15) is 18.0 Å². The molecule has 4 rings (SSSR count). The van der Waals surface area contributed by atoms with E-state index >= 15 is 0 Å². The number of halogens is 3. The van der Waals surface area contributed by atoms with Gasteiger partial charge in [0.1, 0.15) is 11.5 Å². The summed E-state index contributed by atoms with van der Waals surface area (Å²) in [5.41, 5.74) is 0.841. The van der Waals surface area contributed by atoms with Crippen LogP contribution in [0.15, 0.2) is 53.4 Å². The Bertz CT molecular complexity index is 1000. The summed E-state index contributed by atoms with van der Waals surface area (Å²) in [6, 6.07) is 13.5. The molecule has 0 aromatic heterocycles. The fourth-order valence-corrected chi connectivity index (χ4v) is 5.96. The summed E-state index contributed by atoms with van der Waals surface area (Å²) in [6.07, 6.45) is -3.06. The molecule has 2 aliphatic rings. The van der Waals surface area contributed by atoms with Crippen LogP contribution in [0.25, 0.3) is 0 Å². The number of hydrogen-bond donors (Lipinski definition) is 0. The summed E-state index contributed by atoms with van der Waals surface area (Å²) in [6.45, 7) is 4.47. The van der Waals surface area contributed by atoms with Crippen LogP contribution in [0.1, 0.15) is 18.4 Å². The number of hydrogen-bond acceptors (Lipinski definition) is 6. The van der Waals surface area contributed by atoms with E-state index in [-0.39, 0.29) is 22.9 Å². The predicted octanol–water partition coefficient (Wildman–Crippen LogP) is 4.49. The second kappa shape index (κ2) is 11.7. The van der Waals surface area contributed by atoms with Gasteiger partial charge in [0.25, 0.3) is 0 Å². The van der Waals surface area contributed by atoms with E-state index in [4.69, 9.17) is 4.74 Å². The molecular weight excluding hydrogens is 491 g/mol. The Morgan fingerprint density at radius 1 is 1.00 bits per heavy atom. The van der Waals surface area contributed by atoms with Crippen LogP contribution in [0.3, 0.4) is 0 Å². The number of rotatable bonds is 7. The molecule has 0 aliphatic carbocycles. The largest absolute Gasteiger partial charge is 0.573 e. The van der Waals surface area contributed by atoms with Gasteiger partial charge in [0, 0.05) is 42.9 Å². The lowest BCUT2D eigenvalue weighted by atomic mass is 10.1. The lowest BCUT2D eigenvalue weighted by Crippen LogP contribution is -2.46. The van der Waals surface area contributed by atoms with Gasteiger partial charge in [-0.05, 0) is 68.4 Å². The summed E-state index contributed by atoms with van der Waals surface area (Å²) in [5, 5.41) is 0.217. The van der Waals surface area contributed by atoms with Crippen molar-refractivity contribution in [3.63, 3.8) is 0 Å². The minimum absolute atomic E-state index is 0.139. The molecule has 0 unspecified atom stereocenters. The quantitative estimate of drug-likeness (QED) is 0.533. The molecule has 0 saturated carbocycles. The number of alkyl halides is 3. The van der Waals surface area contributed by atoms with Gasteiger partial charge < -0.3 is 19.3 Å². The van der Waals surface area contributed by atoms with E-state index < -0.39 is 6.36 Å². The van der Waals surface area contributed by atoms with Crippen LogP contribution in [-0.4, -0.2) is 85.1 Å². The zero-order valence-electron chi connectivity index (χ0n) is 20.5. The van der Waals surface area contributed by atoms with Gasteiger partial charge in [-0.2, -0.15) is 0 Å². The van der Waals surface area contributed by atoms with Crippen molar-refractivity contribution in [1.29, 1.82) is 0 Å². The summed E-state index contributed by atoms with van der Waals surface area (Å²) < 4.78 is 46.8. The first-order valence-corrected chi connectivity index (χ1v) is 12.9. The Hall–Kier alpha value is -2.43. The van der Waals surface area contributed by atoms with Crippen LogP contribution in [0.2, 0.25) is 0 Å². The van der Waals surface area contributed by atoms with Crippen molar-refractivity contribution in [3.05, 3.63) is 54.1 Å². The van der Waals surface area contributed by atoms with Gasteiger partial charge >= 0.3 is 6.36 Å². The number of carbonyl (C=O) groups is 1. The highest BCUT2D eigenvalue weighted by atomic mass is 32.2. The van der Waals surface area contributed by atoms with E-state index in [0.29, 0.717) is 19.6 Å². The van der Waals surface area contributed by atoms with Gasteiger partial charge in [0.2, 0.25) is 5.91 Å². The monoisotopic (exact) mass is 523 g/mol. The van der Waals surface area contributed by atoms with Gasteiger partial charge in [0.05, 0.1) is 13.2 Å². The van der Waals surface area contributed by atoms with Crippen molar-refractivity contribution in [1.82, 2.24) is 14.7 Å². The lowest BCUT2D eigenvalue weighted by Gasteiger charge is -2.29. The summed E-state index contributed by atoms with van der Waals surface area (Å²) in [4.78, 5) is 21.1. The van der Waals surface area contributed by atoms with Gasteiger partial charge in [0.15, 0.2) is 0 Å². The Labute approximate surface area is 214 Å². The SMILES string of the molecule is COc1ccc(S[C@@H]2C[C@@H](C(=O)N3CCCN(C)CC3)N(Cc3ccc(OC(F)(F)F)cc3)C2)cc1. The number of ether oxygens (including phenoxy) is 2. The molecule has 2 fully saturated rings. The maximum Gasteiger partial charge on any atom is 0.573 e. The van der Waals surface area contributed by atoms with Crippen molar-refractivity contribution < 1.29 is 27.4 Å². The molecule has 0 bridgehead atoms. The molecule has 0 spiro atoms. The van der Waals surface area contributed by atoms with Gasteiger partial charge in [-0.15, -0.1) is 24.9 Å². The van der Waals surface area contributed by atoms with E-state index in [1.54, 1.807) is 31.0 Å². The molecule has 196 valence electrons. The second-order valence-corrected chi connectivity index (χ2v) is 10.6. The molecule has 0 N–H and O–H groups in total. The van der Waals surface area contributed by atoms with Crippen molar-refractivity contribution in [2.24, 2.45) is 0 Å². The van der Waals surface area contributed by atoms with Crippen LogP contribution in [-0.2, 0) is 11.3 Å². The molecule has 2 saturated heterocycles. The highest BCUT2D eigenvalue weighted by Gasteiger charge is 2.39. The number of benzene rings is 2. The third kappa shape index (κ3) is 7.30. The standard InChI is InChI=1S/C26H32F3N3O3S/c1-30-12-3-13-31(15-14-30)25(33)24-16-23(36-22-10-8-20(34-2)9-11-22)18-32(24)17-19-4-6-21(7-5-19)35-26(27,28)29/h4-11,23-24H,3,12-18H2,1-2H3/t23-,24+/m1/s1. The first-order chi connectivity index (χ1) is 17.2. The molecular formula is C26H32F3N3O3S. The van der Waals surface area contributed by atoms with E-state index in [1.165, 1.54) is 12.1 Å². The number of amides is 1. The first kappa shape index (κ1) is 26.6. The number of likely N-dealkylation sites (tertiary alicyclic amines) is 1. The maximum atomic E-state index is 13.6. The van der Waals surface area contributed by atoms with Crippen LogP contribution in [0.5, 0.6) is 11.5 Å². The fourth-order valence-electron chi connectivity index (χ4n) is 4.73. The second-order valence-electron chi connectivity index (χ2n) is 9.27. The smallest absolute Gasteiger partial charge is 0.497 e. The predicted molar refractivity (Wildman–Crippen MR) is 133 cm³/mol. The summed E-state index contributed by atoms with van der Waals surface area (Å²) in [7, 11) is 3.71. The zero-order chi connectivity index (χ0) is 25.7. The van der Waals surface area contributed by atoms with Crippen LogP contribution in [0.4, 0.5) is 13.2 Å². The van der Waals surface area contributed by atoms with Gasteiger partial charge in [-0.25, -0.2) is 0 Å². The lowest BCUT2D eigenvalue weighted by molar-refractivity contribution is -0.274. The average molecular weight is 524 g/mol. The molecule has 0 radical (unpaired) electrons. The highest BCUT2D eigenvalue weighted by Crippen LogP contribution is 2.35. The molecule has 6 nitrogen and oxygen atoms in total. The molecule has 10 heteroatoms. The normalized spacial score (nSPS) is 21.9. The van der Waals surface area contributed by atoms with Crippen molar-refractivity contribution in [2.45, 2.75) is 41.9 Å². The number of nitrogens with zero attached hydrogens (tertiary/aromatic N) is 3. The van der Waals surface area contributed by atoms with Gasteiger partial charge in [-0.3, -0.25) is 9.69 Å². The number of thioether (sulfide) groups is 1. The Morgan fingerprint density at radius 2 is 1.69 bits per heavy atom. The molecule has 2 atom stereocenters. The summed E-state index contributed by atoms with van der Waals surface area (Å²) in [5.74, 6) is 0.687. The van der Waals surface area contributed by atoms with Crippen molar-refractivity contribution in [3.8, 4) is 11.5 Å². The Morgan fingerprint density at radius 3 is 2.36 bits per heavy atom. The van der Waals surface area contributed by atoms with Crippen molar-refractivity contribution >= 4 is 17.7 Å². The number of likely N-dealkylation sites (N-methyl/N-ethyl adjacent to an activating group) is 1. The van der Waals surface area contributed by atoms with Crippen LogP contribution < -0.4 is 9.47 Å². The third-order valence-corrected chi connectivity index (χ3v) is 7.81. The van der Waals surface area contributed by atoms with E-state index in [1.807, 2.05) is 29.2 Å². The molecule has 36 heavy (non-hydrogen) atoms. The first-order valence-electron chi connectivity index (χ1n) is 12.1. The zero-order valence-corrected chi connectivity index (χ0v) is 21.4.